The van der Waals surface area contributed by atoms with Crippen LogP contribution in [0.1, 0.15) is 11.4 Å². The number of nitrogens with zero attached hydrogens (tertiary/aromatic N) is 4. The Kier molecular flexibility index (Phi) is 3.93. The van der Waals surface area contributed by atoms with E-state index in [1.807, 2.05) is 0 Å². The van der Waals surface area contributed by atoms with Crippen LogP contribution in [0.3, 0.4) is 0 Å². The summed E-state index contributed by atoms with van der Waals surface area (Å²) in [6.45, 7) is 0.130. The molecule has 1 N–H and O–H groups in total. The van der Waals surface area contributed by atoms with E-state index >= 15 is 0 Å². The molecule has 3 rings (SSSR count). The highest BCUT2D eigenvalue weighted by Gasteiger charge is 2.30. The first-order valence-corrected chi connectivity index (χ1v) is 7.29. The largest absolute Gasteiger partial charge is 0.371 e. The van der Waals surface area contributed by atoms with Gasteiger partial charge in [0.2, 0.25) is 5.82 Å². The highest BCUT2D eigenvalue weighted by atomic mass is 31.0. The molecule has 0 fully saturated rings. The van der Waals surface area contributed by atoms with Crippen molar-refractivity contribution in [3.8, 4) is 0 Å². The number of imidazole rings is 1. The highest BCUT2D eigenvalue weighted by Crippen LogP contribution is 2.34. The zero-order chi connectivity index (χ0) is 16.6. The summed E-state index contributed by atoms with van der Waals surface area (Å²) < 4.78 is 42.4. The van der Waals surface area contributed by atoms with Crippen molar-refractivity contribution in [3.05, 3.63) is 47.8 Å². The number of aromatic nitrogens is 4. The Hall–Kier alpha value is -2.21. The van der Waals surface area contributed by atoms with Crippen molar-refractivity contribution in [2.75, 3.05) is 12.4 Å². The van der Waals surface area contributed by atoms with Crippen molar-refractivity contribution < 1.29 is 13.2 Å². The van der Waals surface area contributed by atoms with Gasteiger partial charge in [0.25, 0.3) is 0 Å². The summed E-state index contributed by atoms with van der Waals surface area (Å²) in [7, 11) is 2.96. The molecule has 1 atom stereocenters. The maximum absolute atomic E-state index is 13.8. The fourth-order valence-corrected chi connectivity index (χ4v) is 2.32. The molecule has 3 aromatic rings. The average molecular weight is 339 g/mol. The molecular formula is C14H13F3N5P. The molecule has 0 aliphatic carbocycles. The summed E-state index contributed by atoms with van der Waals surface area (Å²) >= 11 is 0. The molecule has 0 bridgehead atoms. The highest BCUT2D eigenvalue weighted by molar-refractivity contribution is 7.17. The van der Waals surface area contributed by atoms with Gasteiger partial charge in [0.15, 0.2) is 11.5 Å². The second kappa shape index (κ2) is 5.77. The molecule has 23 heavy (non-hydrogen) atoms. The van der Waals surface area contributed by atoms with Crippen LogP contribution in [0, 0.1) is 5.82 Å². The monoisotopic (exact) mass is 339 g/mol. The summed E-state index contributed by atoms with van der Waals surface area (Å²) in [6, 6.07) is 6.24. The van der Waals surface area contributed by atoms with Crippen LogP contribution >= 0.6 is 9.24 Å². The Morgan fingerprint density at radius 1 is 1.26 bits per heavy atom. The first-order valence-electron chi connectivity index (χ1n) is 6.71. The van der Waals surface area contributed by atoms with Crippen LogP contribution in [0.25, 0.3) is 11.2 Å². The summed E-state index contributed by atoms with van der Waals surface area (Å²) in [5.74, 6) is -0.831. The Bertz CT molecular complexity index is 859. The van der Waals surface area contributed by atoms with Gasteiger partial charge in [0, 0.05) is 12.6 Å². The predicted octanol–water partition coefficient (Wildman–Crippen LogP) is 2.98. The summed E-state index contributed by atoms with van der Waals surface area (Å²) in [4.78, 5) is 11.8. The van der Waals surface area contributed by atoms with Crippen molar-refractivity contribution in [2.24, 2.45) is 0 Å². The standard InChI is InChI=1S/C14H13F3N5P/c1-18-11-10-12(21-13(20-11)14(16,17)23)22(7-19-10)6-8-4-2-3-5-9(8)15/h2-5,7H,6,23H2,1H3,(H,18,20,21). The van der Waals surface area contributed by atoms with Gasteiger partial charge in [0.05, 0.1) is 12.9 Å². The van der Waals surface area contributed by atoms with E-state index in [1.54, 1.807) is 25.2 Å². The fourth-order valence-electron chi connectivity index (χ4n) is 2.19. The second-order valence-corrected chi connectivity index (χ2v) is 5.63. The lowest BCUT2D eigenvalue weighted by Crippen LogP contribution is -2.12. The number of nitrogens with one attached hydrogen (secondary N) is 1. The molecule has 120 valence electrons. The minimum absolute atomic E-state index is 0.130. The molecule has 0 aliphatic rings. The molecule has 0 saturated heterocycles. The Morgan fingerprint density at radius 2 is 2.00 bits per heavy atom. The number of halogens is 3. The molecule has 0 amide bonds. The third kappa shape index (κ3) is 2.99. The van der Waals surface area contributed by atoms with Gasteiger partial charge in [-0.3, -0.25) is 0 Å². The summed E-state index contributed by atoms with van der Waals surface area (Å²) in [5.41, 5.74) is -2.30. The van der Waals surface area contributed by atoms with E-state index in [9.17, 15) is 13.2 Å². The van der Waals surface area contributed by atoms with Gasteiger partial charge in [-0.1, -0.05) is 27.4 Å². The van der Waals surface area contributed by atoms with Crippen molar-refractivity contribution in [3.63, 3.8) is 0 Å². The number of hydrogen-bond acceptors (Lipinski definition) is 4. The number of rotatable bonds is 4. The Labute approximate surface area is 132 Å². The van der Waals surface area contributed by atoms with E-state index < -0.39 is 11.5 Å². The van der Waals surface area contributed by atoms with Gasteiger partial charge in [-0.05, 0) is 6.07 Å². The van der Waals surface area contributed by atoms with Gasteiger partial charge >= 0.3 is 5.66 Å². The van der Waals surface area contributed by atoms with Crippen LogP contribution in [0.2, 0.25) is 0 Å². The topological polar surface area (TPSA) is 55.6 Å². The number of hydrogen-bond donors (Lipinski definition) is 1. The van der Waals surface area contributed by atoms with Crippen LogP contribution in [-0.2, 0) is 12.2 Å². The van der Waals surface area contributed by atoms with Crippen LogP contribution in [0.15, 0.2) is 30.6 Å². The number of benzene rings is 1. The van der Waals surface area contributed by atoms with Crippen LogP contribution in [0.4, 0.5) is 19.0 Å². The Morgan fingerprint density at radius 3 is 2.65 bits per heavy atom. The summed E-state index contributed by atoms with van der Waals surface area (Å²) in [6.07, 6.45) is 1.43. The molecule has 0 saturated carbocycles. The van der Waals surface area contributed by atoms with E-state index in [4.69, 9.17) is 0 Å². The first kappa shape index (κ1) is 15.7. The van der Waals surface area contributed by atoms with E-state index in [0.29, 0.717) is 11.1 Å². The lowest BCUT2D eigenvalue weighted by atomic mass is 10.2. The maximum Gasteiger partial charge on any atom is 0.317 e. The first-order chi connectivity index (χ1) is 10.9. The van der Waals surface area contributed by atoms with Crippen LogP contribution in [0.5, 0.6) is 0 Å². The molecule has 5 nitrogen and oxygen atoms in total. The predicted molar refractivity (Wildman–Crippen MR) is 84.0 cm³/mol. The van der Waals surface area contributed by atoms with Crippen LogP contribution < -0.4 is 5.32 Å². The van der Waals surface area contributed by atoms with E-state index in [2.05, 4.69) is 20.3 Å². The van der Waals surface area contributed by atoms with E-state index in [-0.39, 0.29) is 23.8 Å². The third-order valence-electron chi connectivity index (χ3n) is 3.30. The van der Waals surface area contributed by atoms with Gasteiger partial charge in [-0.25, -0.2) is 19.3 Å². The van der Waals surface area contributed by atoms with Crippen LogP contribution in [-0.4, -0.2) is 26.6 Å². The molecule has 0 radical (unpaired) electrons. The molecule has 2 heterocycles. The van der Waals surface area contributed by atoms with Gasteiger partial charge in [-0.15, -0.1) is 0 Å². The quantitative estimate of drug-likeness (QED) is 0.743. The van der Waals surface area contributed by atoms with Crippen molar-refractivity contribution in [2.45, 2.75) is 12.2 Å². The zero-order valence-electron chi connectivity index (χ0n) is 12.1. The molecule has 0 spiro atoms. The average Bonchev–Trinajstić information content (AvgIpc) is 2.91. The normalized spacial score (nSPS) is 11.9. The van der Waals surface area contributed by atoms with E-state index in [1.165, 1.54) is 26.2 Å². The second-order valence-electron chi connectivity index (χ2n) is 4.90. The minimum atomic E-state index is -3.27. The molecule has 9 heteroatoms. The molecule has 1 unspecified atom stereocenters. The third-order valence-corrected chi connectivity index (χ3v) is 3.56. The molecule has 0 aliphatic heterocycles. The molecular weight excluding hydrogens is 326 g/mol. The maximum atomic E-state index is 13.8. The number of fused-ring (bicyclic) bond motifs is 1. The fraction of sp³-hybridized carbons (Fsp3) is 0.214. The number of alkyl halides is 2. The lowest BCUT2D eigenvalue weighted by Gasteiger charge is -2.11. The molecule has 1 aromatic carbocycles. The SMILES string of the molecule is CNc1nc(C(F)(F)P)nc2c1ncn2Cc1ccccc1F. The Balaban J connectivity index is 2.13. The van der Waals surface area contributed by atoms with E-state index in [0.717, 1.165) is 0 Å². The molecule has 2 aromatic heterocycles. The minimum Gasteiger partial charge on any atom is -0.371 e. The van der Waals surface area contributed by atoms with Crippen molar-refractivity contribution >= 4 is 26.2 Å². The van der Waals surface area contributed by atoms with Gasteiger partial charge in [0.1, 0.15) is 11.3 Å². The number of anilines is 1. The smallest absolute Gasteiger partial charge is 0.317 e. The van der Waals surface area contributed by atoms with Crippen molar-refractivity contribution in [1.29, 1.82) is 0 Å². The summed E-state index contributed by atoms with van der Waals surface area (Å²) in [5, 5.41) is 2.73. The lowest BCUT2D eigenvalue weighted by molar-refractivity contribution is 0.0935. The van der Waals surface area contributed by atoms with Gasteiger partial charge in [-0.2, -0.15) is 8.78 Å². The zero-order valence-corrected chi connectivity index (χ0v) is 13.2. The van der Waals surface area contributed by atoms with Gasteiger partial charge < -0.3 is 9.88 Å². The van der Waals surface area contributed by atoms with Crippen molar-refractivity contribution in [1.82, 2.24) is 19.5 Å².